The number of methoxy groups -OCH3 is 2. The molecule has 1 atom stereocenters. The van der Waals surface area contributed by atoms with Gasteiger partial charge in [0.2, 0.25) is 5.82 Å². The molecule has 0 fully saturated rings. The van der Waals surface area contributed by atoms with Crippen molar-refractivity contribution in [2.24, 2.45) is 0 Å². The third-order valence-electron chi connectivity index (χ3n) is 5.12. The summed E-state index contributed by atoms with van der Waals surface area (Å²) in [5.74, 6) is 1.69. The van der Waals surface area contributed by atoms with Crippen molar-refractivity contribution in [2.45, 2.75) is 19.3 Å². The van der Waals surface area contributed by atoms with E-state index in [0.29, 0.717) is 46.8 Å². The van der Waals surface area contributed by atoms with Gasteiger partial charge in [-0.15, -0.1) is 5.10 Å². The topological polar surface area (TPSA) is 97.3 Å². The molecule has 0 amide bonds. The molecule has 1 aliphatic heterocycles. The van der Waals surface area contributed by atoms with E-state index in [1.165, 1.54) is 0 Å². The Bertz CT molecular complexity index is 1240. The van der Waals surface area contributed by atoms with E-state index in [9.17, 15) is 0 Å². The highest BCUT2D eigenvalue weighted by Gasteiger charge is 2.29. The molecule has 0 spiro atoms. The van der Waals surface area contributed by atoms with E-state index < -0.39 is 0 Å². The van der Waals surface area contributed by atoms with Crippen molar-refractivity contribution in [3.05, 3.63) is 58.7 Å². The summed E-state index contributed by atoms with van der Waals surface area (Å²) < 4.78 is 24.1. The lowest BCUT2D eigenvalue weighted by molar-refractivity contribution is -0.00106. The van der Waals surface area contributed by atoms with Gasteiger partial charge in [-0.1, -0.05) is 46.2 Å². The monoisotopic (exact) mass is 439 g/mol. The summed E-state index contributed by atoms with van der Waals surface area (Å²) in [5, 5.41) is 13.3. The largest absolute Gasteiger partial charge is 0.493 e. The third kappa shape index (κ3) is 3.41. The Morgan fingerprint density at radius 2 is 1.97 bits per heavy atom. The summed E-state index contributed by atoms with van der Waals surface area (Å²) in [6.45, 7) is 0.783. The van der Waals surface area contributed by atoms with Crippen LogP contribution >= 0.6 is 11.6 Å². The number of hydrogen-bond donors (Lipinski definition) is 0. The maximum absolute atomic E-state index is 6.32. The predicted molar refractivity (Wildman–Crippen MR) is 111 cm³/mol. The van der Waals surface area contributed by atoms with Crippen molar-refractivity contribution in [3.8, 4) is 34.5 Å². The average Bonchev–Trinajstić information content (AvgIpc) is 3.45. The molecule has 10 heteroatoms. The molecule has 5 rings (SSSR count). The second-order valence-electron chi connectivity index (χ2n) is 6.85. The molecule has 0 N–H and O–H groups in total. The van der Waals surface area contributed by atoms with Gasteiger partial charge in [0.05, 0.1) is 38.6 Å². The van der Waals surface area contributed by atoms with E-state index in [1.807, 2.05) is 36.4 Å². The van der Waals surface area contributed by atoms with Crippen molar-refractivity contribution in [1.82, 2.24) is 25.1 Å². The number of ether oxygens (including phenoxy) is 3. The number of nitrogens with zero attached hydrogens (tertiary/aromatic N) is 5. The van der Waals surface area contributed by atoms with Gasteiger partial charge < -0.3 is 18.7 Å². The molecule has 9 nitrogen and oxygen atoms in total. The number of rotatable bonds is 5. The van der Waals surface area contributed by atoms with Gasteiger partial charge in [0.25, 0.3) is 5.89 Å². The van der Waals surface area contributed by atoms with Gasteiger partial charge in [-0.25, -0.2) is 4.68 Å². The molecule has 2 aromatic carbocycles. The minimum Gasteiger partial charge on any atom is -0.493 e. The van der Waals surface area contributed by atoms with Gasteiger partial charge >= 0.3 is 0 Å². The first-order valence-electron chi connectivity index (χ1n) is 9.53. The number of hydrogen-bond acceptors (Lipinski definition) is 8. The summed E-state index contributed by atoms with van der Waals surface area (Å²) in [5.41, 5.74) is 2.82. The average molecular weight is 440 g/mol. The Morgan fingerprint density at radius 3 is 2.77 bits per heavy atom. The molecule has 2 aromatic heterocycles. The predicted octanol–water partition coefficient (Wildman–Crippen LogP) is 3.94. The van der Waals surface area contributed by atoms with Gasteiger partial charge in [-0.2, -0.15) is 4.98 Å². The standard InChI is InChI=1S/C21H18ClN5O4/c1-28-16-9-5-7-13(19(16)29-2)21-23-20(25-31-21)18-15-11-30-17(10-27(15)26-24-18)12-6-3-4-8-14(12)22/h3-9,17H,10-11H2,1-2H3. The van der Waals surface area contributed by atoms with E-state index in [-0.39, 0.29) is 12.0 Å². The smallest absolute Gasteiger partial charge is 0.262 e. The van der Waals surface area contributed by atoms with Gasteiger partial charge in [0, 0.05) is 10.6 Å². The molecule has 1 aliphatic rings. The van der Waals surface area contributed by atoms with Crippen LogP contribution in [0.3, 0.4) is 0 Å². The molecule has 0 bridgehead atoms. The van der Waals surface area contributed by atoms with Gasteiger partial charge in [0.15, 0.2) is 17.2 Å². The molecule has 158 valence electrons. The lowest BCUT2D eigenvalue weighted by Gasteiger charge is -2.24. The summed E-state index contributed by atoms with van der Waals surface area (Å²) in [7, 11) is 3.13. The quantitative estimate of drug-likeness (QED) is 0.461. The Balaban J connectivity index is 1.45. The fourth-order valence-corrected chi connectivity index (χ4v) is 3.85. The van der Waals surface area contributed by atoms with E-state index in [4.69, 9.17) is 30.3 Å². The maximum Gasteiger partial charge on any atom is 0.262 e. The molecule has 3 heterocycles. The lowest BCUT2D eigenvalue weighted by Crippen LogP contribution is -2.22. The van der Waals surface area contributed by atoms with E-state index in [0.717, 1.165) is 11.3 Å². The van der Waals surface area contributed by atoms with E-state index in [2.05, 4.69) is 20.5 Å². The Kier molecular flexibility index (Phi) is 5.05. The van der Waals surface area contributed by atoms with Crippen molar-refractivity contribution >= 4 is 11.6 Å². The molecule has 0 saturated carbocycles. The first-order valence-corrected chi connectivity index (χ1v) is 9.91. The number of para-hydroxylation sites is 1. The van der Waals surface area contributed by atoms with Crippen molar-refractivity contribution in [1.29, 1.82) is 0 Å². The van der Waals surface area contributed by atoms with E-state index >= 15 is 0 Å². The van der Waals surface area contributed by atoms with Gasteiger partial charge in [-0.05, 0) is 18.2 Å². The number of benzene rings is 2. The molecular weight excluding hydrogens is 422 g/mol. The third-order valence-corrected chi connectivity index (χ3v) is 5.47. The molecule has 0 saturated heterocycles. The minimum absolute atomic E-state index is 0.211. The zero-order chi connectivity index (χ0) is 21.4. The summed E-state index contributed by atoms with van der Waals surface area (Å²) in [6, 6.07) is 13.0. The van der Waals surface area contributed by atoms with Crippen LogP contribution in [-0.2, 0) is 17.9 Å². The van der Waals surface area contributed by atoms with Crippen molar-refractivity contribution in [2.75, 3.05) is 14.2 Å². The minimum atomic E-state index is -0.211. The highest BCUT2D eigenvalue weighted by Crippen LogP contribution is 2.38. The van der Waals surface area contributed by atoms with Crippen LogP contribution in [0.4, 0.5) is 0 Å². The van der Waals surface area contributed by atoms with Crippen LogP contribution < -0.4 is 9.47 Å². The second kappa shape index (κ2) is 8.01. The van der Waals surface area contributed by atoms with Crippen LogP contribution in [0.25, 0.3) is 23.0 Å². The normalized spacial score (nSPS) is 15.5. The number of aromatic nitrogens is 5. The Labute approximate surface area is 182 Å². The van der Waals surface area contributed by atoms with Crippen molar-refractivity contribution in [3.63, 3.8) is 0 Å². The molecule has 1 unspecified atom stereocenters. The summed E-state index contributed by atoms with van der Waals surface area (Å²) >= 11 is 6.32. The highest BCUT2D eigenvalue weighted by molar-refractivity contribution is 6.31. The van der Waals surface area contributed by atoms with E-state index in [1.54, 1.807) is 25.0 Å². The zero-order valence-corrected chi connectivity index (χ0v) is 17.5. The first kappa shape index (κ1) is 19.5. The van der Waals surface area contributed by atoms with Crippen LogP contribution in [0.2, 0.25) is 5.02 Å². The van der Waals surface area contributed by atoms with Crippen LogP contribution in [-0.4, -0.2) is 39.4 Å². The van der Waals surface area contributed by atoms with Crippen LogP contribution in [0.5, 0.6) is 11.5 Å². The molecular formula is C21H18ClN5O4. The first-order chi connectivity index (χ1) is 15.2. The molecule has 31 heavy (non-hydrogen) atoms. The second-order valence-corrected chi connectivity index (χ2v) is 7.26. The number of halogens is 1. The Morgan fingerprint density at radius 1 is 1.10 bits per heavy atom. The highest BCUT2D eigenvalue weighted by atomic mass is 35.5. The fraction of sp³-hybridized carbons (Fsp3) is 0.238. The van der Waals surface area contributed by atoms with Crippen LogP contribution in [0.15, 0.2) is 47.0 Å². The van der Waals surface area contributed by atoms with Crippen molar-refractivity contribution < 1.29 is 18.7 Å². The Hall–Kier alpha value is -3.43. The van der Waals surface area contributed by atoms with Gasteiger partial charge in [-0.3, -0.25) is 0 Å². The van der Waals surface area contributed by atoms with Crippen LogP contribution in [0, 0.1) is 0 Å². The molecule has 0 aliphatic carbocycles. The zero-order valence-electron chi connectivity index (χ0n) is 16.8. The molecule has 0 radical (unpaired) electrons. The maximum atomic E-state index is 6.32. The summed E-state index contributed by atoms with van der Waals surface area (Å²) in [4.78, 5) is 4.50. The number of fused-ring (bicyclic) bond motifs is 1. The molecule has 4 aromatic rings. The lowest BCUT2D eigenvalue weighted by atomic mass is 10.1. The van der Waals surface area contributed by atoms with Crippen LogP contribution in [0.1, 0.15) is 17.4 Å². The van der Waals surface area contributed by atoms with Gasteiger partial charge in [0.1, 0.15) is 6.10 Å². The summed E-state index contributed by atoms with van der Waals surface area (Å²) in [6.07, 6.45) is -0.211. The fourth-order valence-electron chi connectivity index (χ4n) is 3.59. The SMILES string of the molecule is COc1cccc(-c2nc(-c3nnn4c3COC(c3ccccc3Cl)C4)no2)c1OC.